The Morgan fingerprint density at radius 3 is 2.71 bits per heavy atom. The van der Waals surface area contributed by atoms with Crippen molar-refractivity contribution in [1.29, 1.82) is 0 Å². The van der Waals surface area contributed by atoms with E-state index in [1.165, 1.54) is 30.6 Å². The molecule has 0 spiro atoms. The van der Waals surface area contributed by atoms with E-state index >= 15 is 0 Å². The molecule has 0 unspecified atom stereocenters. The van der Waals surface area contributed by atoms with Crippen molar-refractivity contribution in [2.75, 3.05) is 29.0 Å². The van der Waals surface area contributed by atoms with Gasteiger partial charge in [0.25, 0.3) is 5.91 Å². The van der Waals surface area contributed by atoms with Crippen LogP contribution in [0.2, 0.25) is 0 Å². The zero-order valence-electron chi connectivity index (χ0n) is 11.8. The summed E-state index contributed by atoms with van der Waals surface area (Å²) in [6.07, 6.45) is 3.67. The molecular formula is C16H19N3OS. The van der Waals surface area contributed by atoms with Crippen LogP contribution in [0, 0.1) is 0 Å². The van der Waals surface area contributed by atoms with Gasteiger partial charge < -0.3 is 16.0 Å². The third-order valence-corrected chi connectivity index (χ3v) is 4.58. The lowest BCUT2D eigenvalue weighted by Gasteiger charge is -2.30. The summed E-state index contributed by atoms with van der Waals surface area (Å²) in [7, 11) is 0. The van der Waals surface area contributed by atoms with Gasteiger partial charge in [-0.25, -0.2) is 0 Å². The Bertz CT molecular complexity index is 618. The molecule has 110 valence electrons. The smallest absolute Gasteiger partial charge is 0.265 e. The third-order valence-electron chi connectivity index (χ3n) is 3.71. The van der Waals surface area contributed by atoms with E-state index in [0.717, 1.165) is 24.5 Å². The first-order valence-corrected chi connectivity index (χ1v) is 8.11. The highest BCUT2D eigenvalue weighted by Crippen LogP contribution is 2.31. The van der Waals surface area contributed by atoms with Gasteiger partial charge in [0, 0.05) is 18.8 Å². The van der Waals surface area contributed by atoms with Crippen LogP contribution in [0.15, 0.2) is 35.7 Å². The first kappa shape index (κ1) is 13.9. The van der Waals surface area contributed by atoms with Crippen molar-refractivity contribution < 1.29 is 4.79 Å². The van der Waals surface area contributed by atoms with Crippen molar-refractivity contribution in [2.24, 2.45) is 0 Å². The van der Waals surface area contributed by atoms with E-state index < -0.39 is 0 Å². The number of nitrogens with zero attached hydrogens (tertiary/aromatic N) is 1. The summed E-state index contributed by atoms with van der Waals surface area (Å²) in [6, 6.07) is 9.45. The van der Waals surface area contributed by atoms with E-state index in [4.69, 9.17) is 5.73 Å². The SMILES string of the molecule is Nc1ccc(N2CCCCC2)c(NC(=O)c2cccs2)c1. The molecule has 1 aromatic heterocycles. The van der Waals surface area contributed by atoms with E-state index in [1.807, 2.05) is 35.7 Å². The standard InChI is InChI=1S/C16H19N3OS/c17-12-6-7-14(19-8-2-1-3-9-19)13(11-12)18-16(20)15-5-4-10-21-15/h4-7,10-11H,1-3,8-9,17H2,(H,18,20). The molecule has 2 heterocycles. The van der Waals surface area contributed by atoms with Gasteiger partial charge in [-0.2, -0.15) is 0 Å². The van der Waals surface area contributed by atoms with Crippen molar-refractivity contribution in [1.82, 2.24) is 0 Å². The maximum atomic E-state index is 12.3. The van der Waals surface area contributed by atoms with E-state index in [-0.39, 0.29) is 5.91 Å². The third kappa shape index (κ3) is 3.19. The Morgan fingerprint density at radius 2 is 2.00 bits per heavy atom. The van der Waals surface area contributed by atoms with Crippen LogP contribution in [-0.2, 0) is 0 Å². The second-order valence-electron chi connectivity index (χ2n) is 5.26. The van der Waals surface area contributed by atoms with Gasteiger partial charge in [-0.3, -0.25) is 4.79 Å². The lowest BCUT2D eigenvalue weighted by molar-refractivity contribution is 0.103. The maximum absolute atomic E-state index is 12.3. The van der Waals surface area contributed by atoms with Gasteiger partial charge >= 0.3 is 0 Å². The predicted molar refractivity (Wildman–Crippen MR) is 89.2 cm³/mol. The molecule has 21 heavy (non-hydrogen) atoms. The first-order valence-electron chi connectivity index (χ1n) is 7.23. The average Bonchev–Trinajstić information content (AvgIpc) is 3.03. The predicted octanol–water partition coefficient (Wildman–Crippen LogP) is 3.57. The number of rotatable bonds is 3. The molecule has 1 aliphatic rings. The van der Waals surface area contributed by atoms with Crippen molar-refractivity contribution in [3.8, 4) is 0 Å². The number of hydrogen-bond acceptors (Lipinski definition) is 4. The monoisotopic (exact) mass is 301 g/mol. The van der Waals surface area contributed by atoms with Crippen LogP contribution in [-0.4, -0.2) is 19.0 Å². The quantitative estimate of drug-likeness (QED) is 0.852. The molecule has 5 heteroatoms. The molecule has 2 aromatic rings. The minimum atomic E-state index is -0.0751. The second-order valence-corrected chi connectivity index (χ2v) is 6.20. The van der Waals surface area contributed by atoms with Crippen LogP contribution in [0.3, 0.4) is 0 Å². The summed E-state index contributed by atoms with van der Waals surface area (Å²) in [6.45, 7) is 2.07. The van der Waals surface area contributed by atoms with Crippen molar-refractivity contribution in [3.63, 3.8) is 0 Å². The Balaban J connectivity index is 1.85. The summed E-state index contributed by atoms with van der Waals surface area (Å²) in [5.74, 6) is -0.0751. The van der Waals surface area contributed by atoms with Gasteiger partial charge in [-0.1, -0.05) is 6.07 Å². The van der Waals surface area contributed by atoms with Gasteiger partial charge in [-0.15, -0.1) is 11.3 Å². The van der Waals surface area contributed by atoms with Crippen molar-refractivity contribution in [3.05, 3.63) is 40.6 Å². The Hall–Kier alpha value is -2.01. The van der Waals surface area contributed by atoms with E-state index in [1.54, 1.807) is 0 Å². The number of piperidine rings is 1. The number of nitrogens with two attached hydrogens (primary N) is 1. The normalized spacial score (nSPS) is 15.0. The Labute approximate surface area is 128 Å². The number of carbonyl (C=O) groups is 1. The molecule has 0 saturated carbocycles. The largest absolute Gasteiger partial charge is 0.399 e. The van der Waals surface area contributed by atoms with Crippen LogP contribution in [0.25, 0.3) is 0 Å². The number of hydrogen-bond donors (Lipinski definition) is 2. The summed E-state index contributed by atoms with van der Waals surface area (Å²) in [5.41, 5.74) is 8.41. The second kappa shape index (κ2) is 6.18. The maximum Gasteiger partial charge on any atom is 0.265 e. The molecule has 3 N–H and O–H groups in total. The topological polar surface area (TPSA) is 58.4 Å². The van der Waals surface area contributed by atoms with Crippen molar-refractivity contribution >= 4 is 34.3 Å². The fourth-order valence-corrected chi connectivity index (χ4v) is 3.27. The molecule has 4 nitrogen and oxygen atoms in total. The van der Waals surface area contributed by atoms with Crippen LogP contribution < -0.4 is 16.0 Å². The molecule has 0 atom stereocenters. The zero-order valence-corrected chi connectivity index (χ0v) is 12.7. The van der Waals surface area contributed by atoms with Crippen LogP contribution in [0.1, 0.15) is 28.9 Å². The number of nitrogens with one attached hydrogen (secondary N) is 1. The zero-order chi connectivity index (χ0) is 14.7. The van der Waals surface area contributed by atoms with Gasteiger partial charge in [-0.05, 0) is 48.9 Å². The number of anilines is 3. The van der Waals surface area contributed by atoms with Crippen molar-refractivity contribution in [2.45, 2.75) is 19.3 Å². The average molecular weight is 301 g/mol. The molecule has 1 aliphatic heterocycles. The Morgan fingerprint density at radius 1 is 1.19 bits per heavy atom. The summed E-state index contributed by atoms with van der Waals surface area (Å²) >= 11 is 1.44. The van der Waals surface area contributed by atoms with E-state index in [2.05, 4.69) is 10.2 Å². The van der Waals surface area contributed by atoms with E-state index in [0.29, 0.717) is 10.6 Å². The minimum Gasteiger partial charge on any atom is -0.399 e. The Kier molecular flexibility index (Phi) is 4.10. The van der Waals surface area contributed by atoms with Gasteiger partial charge in [0.05, 0.1) is 16.3 Å². The first-order chi connectivity index (χ1) is 10.2. The molecule has 1 saturated heterocycles. The van der Waals surface area contributed by atoms with Crippen LogP contribution >= 0.6 is 11.3 Å². The van der Waals surface area contributed by atoms with Gasteiger partial charge in [0.2, 0.25) is 0 Å². The lowest BCUT2D eigenvalue weighted by Crippen LogP contribution is -2.30. The highest BCUT2D eigenvalue weighted by molar-refractivity contribution is 7.12. The number of carbonyl (C=O) groups excluding carboxylic acids is 1. The molecule has 0 aliphatic carbocycles. The molecule has 1 amide bonds. The molecule has 3 rings (SSSR count). The molecule has 0 radical (unpaired) electrons. The molecular weight excluding hydrogens is 282 g/mol. The van der Waals surface area contributed by atoms with Crippen LogP contribution in [0.5, 0.6) is 0 Å². The molecule has 1 aromatic carbocycles. The number of amides is 1. The highest BCUT2D eigenvalue weighted by Gasteiger charge is 2.17. The fraction of sp³-hybridized carbons (Fsp3) is 0.312. The summed E-state index contributed by atoms with van der Waals surface area (Å²) in [4.78, 5) is 15.3. The fourth-order valence-electron chi connectivity index (χ4n) is 2.66. The van der Waals surface area contributed by atoms with Gasteiger partial charge in [0.1, 0.15) is 0 Å². The number of benzene rings is 1. The molecule has 0 bridgehead atoms. The minimum absolute atomic E-state index is 0.0751. The number of thiophene rings is 1. The summed E-state index contributed by atoms with van der Waals surface area (Å²) < 4.78 is 0. The van der Waals surface area contributed by atoms with Gasteiger partial charge in [0.15, 0.2) is 0 Å². The summed E-state index contributed by atoms with van der Waals surface area (Å²) in [5, 5.41) is 4.90. The van der Waals surface area contributed by atoms with E-state index in [9.17, 15) is 4.79 Å². The number of nitrogen functional groups attached to an aromatic ring is 1. The molecule has 1 fully saturated rings. The highest BCUT2D eigenvalue weighted by atomic mass is 32.1. The van der Waals surface area contributed by atoms with Crippen LogP contribution in [0.4, 0.5) is 17.1 Å². The lowest BCUT2D eigenvalue weighted by atomic mass is 10.1.